The van der Waals surface area contributed by atoms with E-state index in [1.807, 2.05) is 27.7 Å². The Kier molecular flexibility index (Phi) is 2.43. The van der Waals surface area contributed by atoms with Crippen molar-refractivity contribution in [3.63, 3.8) is 0 Å². The molecule has 1 nitrogen and oxygen atoms in total. The standard InChI is InChI=1S/C10H17F3O/c1-8(2)6(9(8,3)4)5-7(14)10(11,12)13/h6-7,14H,5H2,1-4H3. The van der Waals surface area contributed by atoms with E-state index in [4.69, 9.17) is 5.11 Å². The third kappa shape index (κ3) is 1.64. The Morgan fingerprint density at radius 1 is 1.14 bits per heavy atom. The molecule has 0 amide bonds. The fourth-order valence-electron chi connectivity index (χ4n) is 2.28. The highest BCUT2D eigenvalue weighted by atomic mass is 19.4. The number of hydrogen-bond donors (Lipinski definition) is 1. The van der Waals surface area contributed by atoms with Crippen LogP contribution in [0.1, 0.15) is 34.1 Å². The third-order valence-electron chi connectivity index (χ3n) is 4.16. The van der Waals surface area contributed by atoms with E-state index in [0.717, 1.165) is 0 Å². The van der Waals surface area contributed by atoms with Crippen LogP contribution in [0.3, 0.4) is 0 Å². The van der Waals surface area contributed by atoms with E-state index in [0.29, 0.717) is 0 Å². The predicted molar refractivity (Wildman–Crippen MR) is 47.7 cm³/mol. The van der Waals surface area contributed by atoms with Crippen molar-refractivity contribution in [2.75, 3.05) is 0 Å². The molecule has 1 atom stereocenters. The minimum atomic E-state index is -4.48. The maximum Gasteiger partial charge on any atom is 0.414 e. The van der Waals surface area contributed by atoms with E-state index in [1.54, 1.807) is 0 Å². The zero-order chi connectivity index (χ0) is 11.4. The second kappa shape index (κ2) is 2.87. The summed E-state index contributed by atoms with van der Waals surface area (Å²) in [6, 6.07) is 0. The van der Waals surface area contributed by atoms with Crippen LogP contribution in [0.2, 0.25) is 0 Å². The fourth-order valence-corrected chi connectivity index (χ4v) is 2.28. The lowest BCUT2D eigenvalue weighted by Crippen LogP contribution is -2.29. The maximum atomic E-state index is 12.1. The van der Waals surface area contributed by atoms with Crippen molar-refractivity contribution in [3.8, 4) is 0 Å². The maximum absolute atomic E-state index is 12.1. The average Bonchev–Trinajstić information content (AvgIpc) is 2.30. The first-order chi connectivity index (χ1) is 6.01. The van der Waals surface area contributed by atoms with Crippen molar-refractivity contribution < 1.29 is 18.3 Å². The molecular weight excluding hydrogens is 193 g/mol. The highest BCUT2D eigenvalue weighted by molar-refractivity contribution is 5.12. The van der Waals surface area contributed by atoms with Crippen LogP contribution >= 0.6 is 0 Å². The number of aliphatic hydroxyl groups is 1. The van der Waals surface area contributed by atoms with Crippen LogP contribution in [0.15, 0.2) is 0 Å². The van der Waals surface area contributed by atoms with Gasteiger partial charge in [0.25, 0.3) is 0 Å². The van der Waals surface area contributed by atoms with E-state index in [1.165, 1.54) is 0 Å². The molecule has 1 aliphatic rings. The second-order valence-corrected chi connectivity index (χ2v) is 5.29. The summed E-state index contributed by atoms with van der Waals surface area (Å²) in [5.74, 6) is -0.0494. The molecule has 0 heterocycles. The molecule has 0 bridgehead atoms. The lowest BCUT2D eigenvalue weighted by atomic mass is 10.0. The van der Waals surface area contributed by atoms with Crippen molar-refractivity contribution in [1.82, 2.24) is 0 Å². The van der Waals surface area contributed by atoms with Crippen LogP contribution in [0.25, 0.3) is 0 Å². The average molecular weight is 210 g/mol. The number of aliphatic hydroxyl groups excluding tert-OH is 1. The molecule has 1 saturated carbocycles. The molecule has 0 aliphatic heterocycles. The van der Waals surface area contributed by atoms with Crippen LogP contribution in [-0.2, 0) is 0 Å². The Morgan fingerprint density at radius 2 is 1.50 bits per heavy atom. The molecule has 1 rings (SSSR count). The van der Waals surface area contributed by atoms with E-state index in [9.17, 15) is 13.2 Å². The Labute approximate surface area is 82.3 Å². The molecule has 1 N–H and O–H groups in total. The van der Waals surface area contributed by atoms with E-state index < -0.39 is 12.3 Å². The molecule has 1 aliphatic carbocycles. The summed E-state index contributed by atoms with van der Waals surface area (Å²) in [5, 5.41) is 8.94. The van der Waals surface area contributed by atoms with Gasteiger partial charge in [-0.05, 0) is 23.2 Å². The number of hydrogen-bond acceptors (Lipinski definition) is 1. The minimum Gasteiger partial charge on any atom is -0.384 e. The third-order valence-corrected chi connectivity index (χ3v) is 4.16. The van der Waals surface area contributed by atoms with Gasteiger partial charge in [0.1, 0.15) is 6.10 Å². The Morgan fingerprint density at radius 3 is 1.71 bits per heavy atom. The van der Waals surface area contributed by atoms with Gasteiger partial charge in [0, 0.05) is 0 Å². The second-order valence-electron chi connectivity index (χ2n) is 5.29. The van der Waals surface area contributed by atoms with Crippen LogP contribution < -0.4 is 0 Å². The van der Waals surface area contributed by atoms with Crippen molar-refractivity contribution >= 4 is 0 Å². The number of rotatable bonds is 2. The molecule has 0 saturated heterocycles. The molecule has 1 unspecified atom stereocenters. The zero-order valence-corrected chi connectivity index (χ0v) is 8.94. The highest BCUT2D eigenvalue weighted by Crippen LogP contribution is 2.70. The summed E-state index contributed by atoms with van der Waals surface area (Å²) in [6.07, 6.45) is -6.83. The van der Waals surface area contributed by atoms with Gasteiger partial charge in [-0.15, -0.1) is 0 Å². The summed E-state index contributed by atoms with van der Waals surface area (Å²) in [5.41, 5.74) is -0.196. The monoisotopic (exact) mass is 210 g/mol. The Balaban J connectivity index is 2.58. The van der Waals surface area contributed by atoms with Crippen molar-refractivity contribution in [2.45, 2.75) is 46.4 Å². The van der Waals surface area contributed by atoms with Gasteiger partial charge in [0.2, 0.25) is 0 Å². The van der Waals surface area contributed by atoms with Crippen molar-refractivity contribution in [3.05, 3.63) is 0 Å². The van der Waals surface area contributed by atoms with Crippen LogP contribution in [0.5, 0.6) is 0 Å². The van der Waals surface area contributed by atoms with Gasteiger partial charge in [-0.3, -0.25) is 0 Å². The smallest absolute Gasteiger partial charge is 0.384 e. The summed E-state index contributed by atoms with van der Waals surface area (Å²) in [7, 11) is 0. The van der Waals surface area contributed by atoms with Crippen molar-refractivity contribution in [1.29, 1.82) is 0 Å². The van der Waals surface area contributed by atoms with Crippen LogP contribution in [-0.4, -0.2) is 17.4 Å². The Hall–Kier alpha value is -0.250. The van der Waals surface area contributed by atoms with Gasteiger partial charge >= 0.3 is 6.18 Å². The van der Waals surface area contributed by atoms with Gasteiger partial charge in [0.05, 0.1) is 0 Å². The van der Waals surface area contributed by atoms with E-state index in [-0.39, 0.29) is 23.2 Å². The highest BCUT2D eigenvalue weighted by Gasteiger charge is 2.65. The quantitative estimate of drug-likeness (QED) is 0.742. The zero-order valence-electron chi connectivity index (χ0n) is 8.94. The van der Waals surface area contributed by atoms with Gasteiger partial charge in [-0.2, -0.15) is 13.2 Å². The predicted octanol–water partition coefficient (Wildman–Crippen LogP) is 2.98. The van der Waals surface area contributed by atoms with Gasteiger partial charge in [0.15, 0.2) is 0 Å². The molecule has 0 aromatic rings. The normalized spacial score (nSPS) is 27.4. The van der Waals surface area contributed by atoms with Gasteiger partial charge in [-0.25, -0.2) is 0 Å². The first-order valence-electron chi connectivity index (χ1n) is 4.76. The molecule has 0 aromatic heterocycles. The molecule has 4 heteroatoms. The summed E-state index contributed by atoms with van der Waals surface area (Å²) in [4.78, 5) is 0. The SMILES string of the molecule is CC1(C)C(CC(O)C(F)(F)F)C1(C)C. The molecule has 84 valence electrons. The van der Waals surface area contributed by atoms with Crippen LogP contribution in [0, 0.1) is 16.7 Å². The first-order valence-corrected chi connectivity index (χ1v) is 4.76. The number of alkyl halides is 3. The largest absolute Gasteiger partial charge is 0.414 e. The lowest BCUT2D eigenvalue weighted by Gasteiger charge is -2.15. The molecule has 14 heavy (non-hydrogen) atoms. The molecular formula is C10H17F3O. The first kappa shape index (κ1) is 11.8. The summed E-state index contributed by atoms with van der Waals surface area (Å²) >= 11 is 0. The molecule has 0 aromatic carbocycles. The topological polar surface area (TPSA) is 20.2 Å². The molecule has 0 spiro atoms. The minimum absolute atomic E-state index is 0.0494. The molecule has 0 radical (unpaired) electrons. The van der Waals surface area contributed by atoms with Gasteiger partial charge < -0.3 is 5.11 Å². The molecule has 1 fully saturated rings. The van der Waals surface area contributed by atoms with Crippen LogP contribution in [0.4, 0.5) is 13.2 Å². The van der Waals surface area contributed by atoms with E-state index >= 15 is 0 Å². The van der Waals surface area contributed by atoms with Crippen molar-refractivity contribution in [2.24, 2.45) is 16.7 Å². The lowest BCUT2D eigenvalue weighted by molar-refractivity contribution is -0.207. The van der Waals surface area contributed by atoms with Gasteiger partial charge in [-0.1, -0.05) is 27.7 Å². The fraction of sp³-hybridized carbons (Fsp3) is 1.00. The Bertz CT molecular complexity index is 216. The summed E-state index contributed by atoms with van der Waals surface area (Å²) < 4.78 is 36.3. The number of halogens is 3. The summed E-state index contributed by atoms with van der Waals surface area (Å²) in [6.45, 7) is 7.78. The van der Waals surface area contributed by atoms with E-state index in [2.05, 4.69) is 0 Å².